The molecule has 1 aromatic carbocycles. The molecular formula is C15H18ClNO2. The first kappa shape index (κ1) is 12.8. The Morgan fingerprint density at radius 1 is 1.32 bits per heavy atom. The molecule has 2 aliphatic rings. The van der Waals surface area contributed by atoms with Gasteiger partial charge >= 0.3 is 0 Å². The van der Waals surface area contributed by atoms with E-state index in [1.807, 2.05) is 6.07 Å². The third kappa shape index (κ3) is 3.63. The van der Waals surface area contributed by atoms with Gasteiger partial charge in [0.2, 0.25) is 0 Å². The second-order valence-electron chi connectivity index (χ2n) is 5.51. The quantitative estimate of drug-likeness (QED) is 0.869. The molecule has 4 heteroatoms. The molecule has 0 atom stereocenters. The van der Waals surface area contributed by atoms with Gasteiger partial charge in [0.1, 0.15) is 5.75 Å². The molecule has 0 unspecified atom stereocenters. The van der Waals surface area contributed by atoms with Gasteiger partial charge in [-0.2, -0.15) is 0 Å². The van der Waals surface area contributed by atoms with Crippen LogP contribution in [-0.2, 0) is 4.79 Å². The zero-order valence-corrected chi connectivity index (χ0v) is 11.5. The van der Waals surface area contributed by atoms with E-state index in [0.717, 1.165) is 0 Å². The highest BCUT2D eigenvalue weighted by Gasteiger charge is 2.42. The first-order valence-corrected chi connectivity index (χ1v) is 7.28. The number of hydrogen-bond donors (Lipinski definition) is 1. The van der Waals surface area contributed by atoms with Gasteiger partial charge in [-0.05, 0) is 55.7 Å². The van der Waals surface area contributed by atoms with Crippen LogP contribution in [0.3, 0.4) is 0 Å². The van der Waals surface area contributed by atoms with Gasteiger partial charge in [0.05, 0.1) is 0 Å². The first-order chi connectivity index (χ1) is 9.22. The number of benzene rings is 1. The Hall–Kier alpha value is -1.22. The van der Waals surface area contributed by atoms with Crippen molar-refractivity contribution in [2.24, 2.45) is 11.8 Å². The maximum atomic E-state index is 11.9. The predicted octanol–water partition coefficient (Wildman–Crippen LogP) is 3.02. The van der Waals surface area contributed by atoms with Crippen LogP contribution in [0.15, 0.2) is 24.3 Å². The molecule has 1 amide bonds. The summed E-state index contributed by atoms with van der Waals surface area (Å²) in [6, 6.07) is 7.50. The molecule has 1 N–H and O–H groups in total. The fourth-order valence-corrected chi connectivity index (χ4v) is 2.64. The van der Waals surface area contributed by atoms with Crippen LogP contribution in [0.4, 0.5) is 0 Å². The number of ether oxygens (including phenoxy) is 1. The van der Waals surface area contributed by atoms with Crippen molar-refractivity contribution in [1.29, 1.82) is 0 Å². The third-order valence-corrected chi connectivity index (χ3v) is 3.99. The summed E-state index contributed by atoms with van der Waals surface area (Å²) in [6.07, 6.45) is 5.04. The number of rotatable bonds is 6. The molecule has 0 radical (unpaired) electrons. The maximum absolute atomic E-state index is 11.9. The highest BCUT2D eigenvalue weighted by molar-refractivity contribution is 6.30. The standard InChI is InChI=1S/C15H18ClNO2/c16-12-2-1-3-13(8-12)19-9-14(18)17-15(10-4-5-10)11-6-7-11/h1-3,8,10-11,15H,4-7,9H2,(H,17,18). The fraction of sp³-hybridized carbons (Fsp3) is 0.533. The summed E-state index contributed by atoms with van der Waals surface area (Å²) in [5.41, 5.74) is 0. The van der Waals surface area contributed by atoms with E-state index in [1.165, 1.54) is 25.7 Å². The minimum absolute atomic E-state index is 0.0243. The van der Waals surface area contributed by atoms with Crippen LogP contribution in [0.2, 0.25) is 5.02 Å². The Balaban J connectivity index is 1.48. The molecule has 0 heterocycles. The van der Waals surface area contributed by atoms with Gasteiger partial charge in [0, 0.05) is 11.1 Å². The van der Waals surface area contributed by atoms with E-state index >= 15 is 0 Å². The second-order valence-corrected chi connectivity index (χ2v) is 5.95. The number of amides is 1. The van der Waals surface area contributed by atoms with E-state index in [4.69, 9.17) is 16.3 Å². The average molecular weight is 280 g/mol. The Bertz CT molecular complexity index is 457. The number of hydrogen-bond acceptors (Lipinski definition) is 2. The Morgan fingerprint density at radius 2 is 2.00 bits per heavy atom. The topological polar surface area (TPSA) is 38.3 Å². The molecule has 1 aromatic rings. The van der Waals surface area contributed by atoms with Crippen LogP contribution in [-0.4, -0.2) is 18.6 Å². The lowest BCUT2D eigenvalue weighted by Gasteiger charge is -2.17. The smallest absolute Gasteiger partial charge is 0.258 e. The van der Waals surface area contributed by atoms with Crippen LogP contribution in [0.5, 0.6) is 5.75 Å². The van der Waals surface area contributed by atoms with Crippen LogP contribution < -0.4 is 10.1 Å². The van der Waals surface area contributed by atoms with Crippen LogP contribution >= 0.6 is 11.6 Å². The molecule has 2 fully saturated rings. The van der Waals surface area contributed by atoms with E-state index in [1.54, 1.807) is 18.2 Å². The maximum Gasteiger partial charge on any atom is 0.258 e. The lowest BCUT2D eigenvalue weighted by atomic mass is 10.1. The summed E-state index contributed by atoms with van der Waals surface area (Å²) >= 11 is 5.86. The average Bonchev–Trinajstić information content (AvgIpc) is 3.27. The van der Waals surface area contributed by atoms with Gasteiger partial charge in [0.25, 0.3) is 5.91 Å². The summed E-state index contributed by atoms with van der Waals surface area (Å²) in [5, 5.41) is 3.75. The molecule has 2 aliphatic carbocycles. The van der Waals surface area contributed by atoms with E-state index in [0.29, 0.717) is 28.6 Å². The lowest BCUT2D eigenvalue weighted by molar-refractivity contribution is -0.124. The van der Waals surface area contributed by atoms with Gasteiger partial charge < -0.3 is 10.1 Å². The van der Waals surface area contributed by atoms with Gasteiger partial charge in [-0.25, -0.2) is 0 Å². The van der Waals surface area contributed by atoms with E-state index in [-0.39, 0.29) is 12.5 Å². The largest absolute Gasteiger partial charge is 0.484 e. The molecule has 19 heavy (non-hydrogen) atoms. The number of halogens is 1. The molecule has 3 nitrogen and oxygen atoms in total. The van der Waals surface area contributed by atoms with Crippen LogP contribution in [0, 0.1) is 11.8 Å². The molecule has 0 saturated heterocycles. The van der Waals surface area contributed by atoms with Gasteiger partial charge in [-0.15, -0.1) is 0 Å². The van der Waals surface area contributed by atoms with E-state index in [2.05, 4.69) is 5.32 Å². The van der Waals surface area contributed by atoms with Crippen molar-refractivity contribution >= 4 is 17.5 Å². The third-order valence-electron chi connectivity index (χ3n) is 3.75. The van der Waals surface area contributed by atoms with Gasteiger partial charge in [-0.1, -0.05) is 17.7 Å². The van der Waals surface area contributed by atoms with Crippen molar-refractivity contribution in [2.75, 3.05) is 6.61 Å². The number of carbonyl (C=O) groups excluding carboxylic acids is 1. The highest BCUT2D eigenvalue weighted by atomic mass is 35.5. The van der Waals surface area contributed by atoms with Crippen molar-refractivity contribution in [3.8, 4) is 5.75 Å². The number of carbonyl (C=O) groups is 1. The highest BCUT2D eigenvalue weighted by Crippen LogP contribution is 2.44. The lowest BCUT2D eigenvalue weighted by Crippen LogP contribution is -2.40. The summed E-state index contributed by atoms with van der Waals surface area (Å²) < 4.78 is 5.45. The molecule has 102 valence electrons. The molecule has 0 aromatic heterocycles. The summed E-state index contributed by atoms with van der Waals surface area (Å²) in [4.78, 5) is 11.9. The normalized spacial score (nSPS) is 18.4. The van der Waals surface area contributed by atoms with Gasteiger partial charge in [-0.3, -0.25) is 4.79 Å². The van der Waals surface area contributed by atoms with Crippen molar-refractivity contribution in [3.05, 3.63) is 29.3 Å². The summed E-state index contributed by atoms with van der Waals surface area (Å²) in [7, 11) is 0. The predicted molar refractivity (Wildman–Crippen MR) is 74.3 cm³/mol. The zero-order chi connectivity index (χ0) is 13.2. The Morgan fingerprint density at radius 3 is 2.58 bits per heavy atom. The van der Waals surface area contributed by atoms with E-state index in [9.17, 15) is 4.79 Å². The second kappa shape index (κ2) is 5.41. The van der Waals surface area contributed by atoms with Gasteiger partial charge in [0.15, 0.2) is 6.61 Å². The van der Waals surface area contributed by atoms with Crippen molar-refractivity contribution in [1.82, 2.24) is 5.32 Å². The first-order valence-electron chi connectivity index (χ1n) is 6.90. The molecule has 3 rings (SSSR count). The van der Waals surface area contributed by atoms with Crippen LogP contribution in [0.25, 0.3) is 0 Å². The SMILES string of the molecule is O=C(COc1cccc(Cl)c1)NC(C1CC1)C1CC1. The summed E-state index contributed by atoms with van der Waals surface area (Å²) in [5.74, 6) is 2.03. The minimum Gasteiger partial charge on any atom is -0.484 e. The molecular weight excluding hydrogens is 262 g/mol. The Kier molecular flexibility index (Phi) is 3.65. The Labute approximate surface area is 118 Å². The van der Waals surface area contributed by atoms with Crippen LogP contribution in [0.1, 0.15) is 25.7 Å². The van der Waals surface area contributed by atoms with Crippen molar-refractivity contribution in [2.45, 2.75) is 31.7 Å². The fourth-order valence-electron chi connectivity index (χ4n) is 2.46. The minimum atomic E-state index is -0.0243. The molecule has 0 spiro atoms. The van der Waals surface area contributed by atoms with Crippen molar-refractivity contribution < 1.29 is 9.53 Å². The summed E-state index contributed by atoms with van der Waals surface area (Å²) in [6.45, 7) is 0.0658. The molecule has 0 aliphatic heterocycles. The number of nitrogens with one attached hydrogen (secondary N) is 1. The molecule has 2 saturated carbocycles. The molecule has 0 bridgehead atoms. The van der Waals surface area contributed by atoms with Crippen molar-refractivity contribution in [3.63, 3.8) is 0 Å². The monoisotopic (exact) mass is 279 g/mol. The van der Waals surface area contributed by atoms with E-state index < -0.39 is 0 Å². The zero-order valence-electron chi connectivity index (χ0n) is 10.8.